The zero-order valence-corrected chi connectivity index (χ0v) is 32.1. The third-order valence-electron chi connectivity index (χ3n) is 11.4. The third kappa shape index (κ3) is 5.20. The van der Waals surface area contributed by atoms with Gasteiger partial charge < -0.3 is 9.13 Å². The van der Waals surface area contributed by atoms with Crippen LogP contribution in [0, 0.1) is 0 Å². The van der Waals surface area contributed by atoms with Crippen LogP contribution in [0.15, 0.2) is 250 Å². The summed E-state index contributed by atoms with van der Waals surface area (Å²) in [6.45, 7) is 0. The lowest BCUT2D eigenvalue weighted by atomic mass is 10.0. The number of fused-ring (bicyclic) bond motifs is 6. The molecule has 9 aromatic carbocycles. The van der Waals surface area contributed by atoms with Gasteiger partial charge in [-0.15, -0.1) is 10.0 Å². The van der Waals surface area contributed by atoms with E-state index in [1.54, 1.807) is 0 Å². The summed E-state index contributed by atoms with van der Waals surface area (Å²) in [5, 5.41) is 5.00. The molecule has 0 saturated heterocycles. The molecule has 11 rings (SSSR count). The fraction of sp³-hybridized carbons (Fsp3) is 0. The lowest BCUT2D eigenvalue weighted by molar-refractivity contribution is 1.16. The molecule has 57 heavy (non-hydrogen) atoms. The molecule has 0 atom stereocenters. The highest BCUT2D eigenvalue weighted by atomic mass is 32.3. The summed E-state index contributed by atoms with van der Waals surface area (Å²) in [6, 6.07) is 84.9. The predicted octanol–water partition coefficient (Wildman–Crippen LogP) is 14.9. The molecular weight excluding hydrogens is 709 g/mol. The Balaban J connectivity index is 1.27. The molecule has 0 aliphatic rings. The summed E-state index contributed by atoms with van der Waals surface area (Å²) in [6.07, 6.45) is 0. The Morgan fingerprint density at radius 3 is 1.42 bits per heavy atom. The molecule has 0 saturated carbocycles. The lowest BCUT2D eigenvalue weighted by Crippen LogP contribution is -2.05. The normalized spacial score (nSPS) is 12.1. The van der Waals surface area contributed by atoms with E-state index in [0.29, 0.717) is 0 Å². The van der Waals surface area contributed by atoms with Crippen LogP contribution < -0.4 is 0 Å². The van der Waals surface area contributed by atoms with Crippen LogP contribution in [0.1, 0.15) is 0 Å². The first-order valence-electron chi connectivity index (χ1n) is 19.5. The van der Waals surface area contributed by atoms with Gasteiger partial charge in [0.15, 0.2) is 0 Å². The van der Waals surface area contributed by atoms with Crippen LogP contribution in [0.2, 0.25) is 0 Å². The molecular formula is C54H38N2S. The smallest absolute Gasteiger partial charge is 0.0552 e. The van der Waals surface area contributed by atoms with E-state index in [1.807, 2.05) is 0 Å². The van der Waals surface area contributed by atoms with Crippen LogP contribution in [0.3, 0.4) is 0 Å². The predicted molar refractivity (Wildman–Crippen MR) is 241 cm³/mol. The van der Waals surface area contributed by atoms with Crippen molar-refractivity contribution in [2.75, 3.05) is 0 Å². The van der Waals surface area contributed by atoms with Gasteiger partial charge in [-0.05, 0) is 108 Å². The molecule has 0 radical (unpaired) electrons. The van der Waals surface area contributed by atoms with Crippen molar-refractivity contribution < 1.29 is 0 Å². The standard InChI is InChI=1S/C54H38N2S/c1-6-19-39(20-7-1)40-33-35-50-47(37-40)46-29-16-17-30-49(46)56(50)42-34-36-51-48(38-42)54-52(55(51)41-21-8-2-9-22-41)31-18-32-53(54)57(43-23-10-3-11-24-43,44-25-12-4-13-26-44)45-27-14-5-15-28-45/h1-38H. The number of benzene rings is 9. The van der Waals surface area contributed by atoms with E-state index in [9.17, 15) is 0 Å². The van der Waals surface area contributed by atoms with E-state index in [0.717, 1.165) is 11.4 Å². The molecule has 11 aromatic rings. The summed E-state index contributed by atoms with van der Waals surface area (Å²) < 4.78 is 4.92. The van der Waals surface area contributed by atoms with Gasteiger partial charge in [-0.25, -0.2) is 0 Å². The first kappa shape index (κ1) is 33.3. The molecule has 0 spiro atoms. The minimum Gasteiger partial charge on any atom is -0.309 e. The summed E-state index contributed by atoms with van der Waals surface area (Å²) in [5.74, 6) is 0. The Kier molecular flexibility index (Phi) is 7.94. The van der Waals surface area contributed by atoms with Gasteiger partial charge in [0.25, 0.3) is 0 Å². The second kappa shape index (κ2) is 13.6. The Hall–Kier alpha value is -7.07. The maximum atomic E-state index is 2.46. The third-order valence-corrected chi connectivity index (χ3v) is 15.3. The number of hydrogen-bond acceptors (Lipinski definition) is 0. The van der Waals surface area contributed by atoms with Gasteiger partial charge in [-0.2, -0.15) is 0 Å². The van der Waals surface area contributed by atoms with Gasteiger partial charge in [-0.3, -0.25) is 0 Å². The number of nitrogens with zero attached hydrogens (tertiary/aromatic N) is 2. The van der Waals surface area contributed by atoms with Crippen LogP contribution in [0.25, 0.3) is 66.1 Å². The minimum atomic E-state index is -1.99. The quantitative estimate of drug-likeness (QED) is 0.154. The fourth-order valence-electron chi connectivity index (χ4n) is 9.00. The van der Waals surface area contributed by atoms with Crippen molar-refractivity contribution in [2.24, 2.45) is 0 Å². The zero-order valence-electron chi connectivity index (χ0n) is 31.2. The molecule has 0 unspecified atom stereocenters. The molecule has 270 valence electrons. The van der Waals surface area contributed by atoms with Crippen molar-refractivity contribution in [3.63, 3.8) is 0 Å². The zero-order chi connectivity index (χ0) is 37.8. The second-order valence-corrected chi connectivity index (χ2v) is 17.6. The lowest BCUT2D eigenvalue weighted by Gasteiger charge is -2.42. The summed E-state index contributed by atoms with van der Waals surface area (Å²) in [5.41, 5.74) is 9.50. The van der Waals surface area contributed by atoms with Crippen molar-refractivity contribution in [1.82, 2.24) is 9.13 Å². The van der Waals surface area contributed by atoms with Gasteiger partial charge in [0, 0.05) is 52.5 Å². The van der Waals surface area contributed by atoms with Gasteiger partial charge >= 0.3 is 0 Å². The average molecular weight is 747 g/mol. The number of rotatable bonds is 7. The second-order valence-electron chi connectivity index (χ2n) is 14.5. The van der Waals surface area contributed by atoms with Crippen molar-refractivity contribution in [3.8, 4) is 22.5 Å². The highest BCUT2D eigenvalue weighted by Gasteiger charge is 2.36. The van der Waals surface area contributed by atoms with E-state index < -0.39 is 10.0 Å². The van der Waals surface area contributed by atoms with E-state index >= 15 is 0 Å². The van der Waals surface area contributed by atoms with Crippen LogP contribution in [-0.4, -0.2) is 9.13 Å². The van der Waals surface area contributed by atoms with Crippen LogP contribution in [0.4, 0.5) is 0 Å². The van der Waals surface area contributed by atoms with Gasteiger partial charge in [-0.1, -0.05) is 133 Å². The van der Waals surface area contributed by atoms with Crippen LogP contribution in [0.5, 0.6) is 0 Å². The van der Waals surface area contributed by atoms with Crippen LogP contribution >= 0.6 is 10.0 Å². The van der Waals surface area contributed by atoms with Crippen molar-refractivity contribution in [1.29, 1.82) is 0 Å². The van der Waals surface area contributed by atoms with Crippen molar-refractivity contribution >= 4 is 53.6 Å². The topological polar surface area (TPSA) is 9.86 Å². The molecule has 0 aliphatic heterocycles. The SMILES string of the molecule is c1ccc(-c2ccc3c(c2)c2ccccc2n3-c2ccc3c(c2)c2c(S(c4ccccc4)(c4ccccc4)c4ccccc4)cccc2n3-c2ccccc2)cc1. The van der Waals surface area contributed by atoms with Gasteiger partial charge in [0.05, 0.1) is 22.1 Å². The minimum absolute atomic E-state index is 1.14. The van der Waals surface area contributed by atoms with Gasteiger partial charge in [0.2, 0.25) is 0 Å². The monoisotopic (exact) mass is 746 g/mol. The van der Waals surface area contributed by atoms with Crippen LogP contribution in [-0.2, 0) is 0 Å². The largest absolute Gasteiger partial charge is 0.309 e. The molecule has 0 fully saturated rings. The highest BCUT2D eigenvalue weighted by molar-refractivity contribution is 8.34. The van der Waals surface area contributed by atoms with E-state index in [-0.39, 0.29) is 0 Å². The molecule has 0 amide bonds. The molecule has 0 N–H and O–H groups in total. The maximum absolute atomic E-state index is 2.46. The summed E-state index contributed by atoms with van der Waals surface area (Å²) in [4.78, 5) is 5.25. The molecule has 2 heterocycles. The fourth-order valence-corrected chi connectivity index (χ4v) is 13.1. The Labute approximate surface area is 333 Å². The van der Waals surface area contributed by atoms with E-state index in [2.05, 4.69) is 240 Å². The number of para-hydroxylation sites is 2. The van der Waals surface area contributed by atoms with Gasteiger partial charge in [0.1, 0.15) is 0 Å². The molecule has 0 bridgehead atoms. The number of hydrogen-bond donors (Lipinski definition) is 0. The average Bonchev–Trinajstić information content (AvgIpc) is 3.81. The highest BCUT2D eigenvalue weighted by Crippen LogP contribution is 2.74. The Morgan fingerprint density at radius 2 is 0.772 bits per heavy atom. The number of aromatic nitrogens is 2. The Bertz CT molecular complexity index is 3110. The summed E-state index contributed by atoms with van der Waals surface area (Å²) >= 11 is 0. The first-order chi connectivity index (χ1) is 28.3. The first-order valence-corrected chi connectivity index (χ1v) is 21.1. The molecule has 3 heteroatoms. The summed E-state index contributed by atoms with van der Waals surface area (Å²) in [7, 11) is -1.99. The maximum Gasteiger partial charge on any atom is 0.0552 e. The van der Waals surface area contributed by atoms with E-state index in [4.69, 9.17) is 0 Å². The molecule has 0 aliphatic carbocycles. The molecule has 2 aromatic heterocycles. The van der Waals surface area contributed by atoms with E-state index in [1.165, 1.54) is 74.3 Å². The van der Waals surface area contributed by atoms with Crippen molar-refractivity contribution in [2.45, 2.75) is 19.6 Å². The molecule has 2 nitrogen and oxygen atoms in total. The Morgan fingerprint density at radius 1 is 0.281 bits per heavy atom. The van der Waals surface area contributed by atoms with Crippen molar-refractivity contribution in [3.05, 3.63) is 231 Å².